The first-order chi connectivity index (χ1) is 10.9. The zero-order valence-electron chi connectivity index (χ0n) is 12.6. The van der Waals surface area contributed by atoms with Gasteiger partial charge in [0.2, 0.25) is 11.8 Å². The van der Waals surface area contributed by atoms with Crippen LogP contribution >= 0.6 is 12.4 Å². The first-order valence-electron chi connectivity index (χ1n) is 7.35. The Hall–Kier alpha value is -1.80. The monoisotopic (exact) mass is 363 g/mol. The van der Waals surface area contributed by atoms with Gasteiger partial charge in [0.15, 0.2) is 0 Å². The molecule has 2 atom stereocenters. The molecule has 2 fully saturated rings. The van der Waals surface area contributed by atoms with Gasteiger partial charge in [-0.15, -0.1) is 12.4 Å². The highest BCUT2D eigenvalue weighted by Crippen LogP contribution is 2.27. The van der Waals surface area contributed by atoms with Crippen molar-refractivity contribution in [2.45, 2.75) is 30.8 Å². The molecule has 0 saturated carbocycles. The number of carbonyl (C=O) groups excluding carboxylic acids is 2. The van der Waals surface area contributed by atoms with Crippen molar-refractivity contribution in [3.05, 3.63) is 30.1 Å². The van der Waals surface area contributed by atoms with E-state index in [-0.39, 0.29) is 24.6 Å². The standard InChI is InChI=1S/C15H16F3N3O2.ClH/c16-9-3-1-2-4-12(9)21-6-5-10(14(21)23)20-13(22)11-7-15(17,18)8-19-11;/h1-4,10-11,19H,5-8H2,(H,20,22);1H. The van der Waals surface area contributed by atoms with Crippen LogP contribution in [0, 0.1) is 5.82 Å². The maximum atomic E-state index is 13.8. The number of hydrogen-bond donors (Lipinski definition) is 2. The van der Waals surface area contributed by atoms with E-state index in [1.54, 1.807) is 6.07 Å². The number of alkyl halides is 2. The van der Waals surface area contributed by atoms with Crippen molar-refractivity contribution in [3.8, 4) is 0 Å². The minimum absolute atomic E-state index is 0. The maximum Gasteiger partial charge on any atom is 0.262 e. The first kappa shape index (κ1) is 18.5. The van der Waals surface area contributed by atoms with Gasteiger partial charge >= 0.3 is 0 Å². The van der Waals surface area contributed by atoms with Crippen LogP contribution in [0.25, 0.3) is 0 Å². The molecule has 2 saturated heterocycles. The van der Waals surface area contributed by atoms with Gasteiger partial charge in [-0.2, -0.15) is 0 Å². The number of para-hydroxylation sites is 1. The van der Waals surface area contributed by atoms with Gasteiger partial charge in [0, 0.05) is 13.0 Å². The molecular weight excluding hydrogens is 347 g/mol. The van der Waals surface area contributed by atoms with Crippen molar-refractivity contribution >= 4 is 29.9 Å². The number of nitrogens with one attached hydrogen (secondary N) is 2. The minimum Gasteiger partial charge on any atom is -0.343 e. The third kappa shape index (κ3) is 3.64. The predicted octanol–water partition coefficient (Wildman–Crippen LogP) is 1.47. The summed E-state index contributed by atoms with van der Waals surface area (Å²) in [5.74, 6) is -4.50. The van der Waals surface area contributed by atoms with Crippen LogP contribution in [-0.4, -0.2) is 42.9 Å². The Morgan fingerprint density at radius 2 is 2.04 bits per heavy atom. The fourth-order valence-corrected chi connectivity index (χ4v) is 2.90. The SMILES string of the molecule is Cl.O=C(NC1CCN(c2ccccc2F)C1=O)C1CC(F)(F)CN1. The number of halogens is 4. The summed E-state index contributed by atoms with van der Waals surface area (Å²) in [5, 5.41) is 4.92. The van der Waals surface area contributed by atoms with Gasteiger partial charge in [-0.1, -0.05) is 12.1 Å². The van der Waals surface area contributed by atoms with Crippen LogP contribution < -0.4 is 15.5 Å². The van der Waals surface area contributed by atoms with E-state index >= 15 is 0 Å². The van der Waals surface area contributed by atoms with E-state index in [1.165, 1.54) is 23.1 Å². The molecule has 132 valence electrons. The van der Waals surface area contributed by atoms with Gasteiger partial charge in [0.05, 0.1) is 18.3 Å². The number of amides is 2. The first-order valence-corrected chi connectivity index (χ1v) is 7.35. The Labute approximate surface area is 143 Å². The molecule has 0 aliphatic carbocycles. The van der Waals surface area contributed by atoms with Crippen LogP contribution in [0.1, 0.15) is 12.8 Å². The molecule has 0 aromatic heterocycles. The van der Waals surface area contributed by atoms with Crippen molar-refractivity contribution in [2.24, 2.45) is 0 Å². The molecule has 24 heavy (non-hydrogen) atoms. The van der Waals surface area contributed by atoms with E-state index in [9.17, 15) is 22.8 Å². The predicted molar refractivity (Wildman–Crippen MR) is 83.9 cm³/mol. The van der Waals surface area contributed by atoms with E-state index in [1.807, 2.05) is 0 Å². The van der Waals surface area contributed by atoms with Gasteiger partial charge in [-0.25, -0.2) is 13.2 Å². The zero-order chi connectivity index (χ0) is 16.6. The molecule has 3 rings (SSSR count). The summed E-state index contributed by atoms with van der Waals surface area (Å²) in [4.78, 5) is 25.6. The van der Waals surface area contributed by atoms with Gasteiger partial charge in [0.1, 0.15) is 11.9 Å². The normalized spacial score (nSPS) is 25.5. The Bertz CT molecular complexity index is 644. The summed E-state index contributed by atoms with van der Waals surface area (Å²) in [5.41, 5.74) is 0.153. The van der Waals surface area contributed by atoms with Crippen molar-refractivity contribution in [2.75, 3.05) is 18.0 Å². The lowest BCUT2D eigenvalue weighted by molar-refractivity contribution is -0.128. The minimum atomic E-state index is -2.92. The molecule has 0 spiro atoms. The summed E-state index contributed by atoms with van der Waals surface area (Å²) in [7, 11) is 0. The molecule has 2 N–H and O–H groups in total. The van der Waals surface area contributed by atoms with E-state index in [2.05, 4.69) is 10.6 Å². The number of carbonyl (C=O) groups is 2. The molecule has 2 unspecified atom stereocenters. The molecule has 0 radical (unpaired) electrons. The summed E-state index contributed by atoms with van der Waals surface area (Å²) < 4.78 is 40.0. The van der Waals surface area contributed by atoms with E-state index < -0.39 is 48.6 Å². The van der Waals surface area contributed by atoms with Gasteiger partial charge in [0.25, 0.3) is 5.92 Å². The van der Waals surface area contributed by atoms with E-state index in [0.29, 0.717) is 6.42 Å². The summed E-state index contributed by atoms with van der Waals surface area (Å²) in [6.45, 7) is -0.288. The lowest BCUT2D eigenvalue weighted by Crippen LogP contribution is -2.48. The Balaban J connectivity index is 0.00000208. The number of rotatable bonds is 3. The third-order valence-electron chi connectivity index (χ3n) is 4.09. The second-order valence-corrected chi connectivity index (χ2v) is 5.78. The smallest absolute Gasteiger partial charge is 0.262 e. The second kappa shape index (κ2) is 6.98. The highest BCUT2D eigenvalue weighted by Gasteiger charge is 2.44. The number of nitrogens with zero attached hydrogens (tertiary/aromatic N) is 1. The average molecular weight is 364 g/mol. The Kier molecular flexibility index (Phi) is 5.39. The van der Waals surface area contributed by atoms with Gasteiger partial charge in [-0.05, 0) is 18.6 Å². The summed E-state index contributed by atoms with van der Waals surface area (Å²) in [6.07, 6.45) is -0.279. The molecule has 0 bridgehead atoms. The summed E-state index contributed by atoms with van der Waals surface area (Å²) in [6, 6.07) is 4.03. The molecular formula is C15H17ClF3N3O2. The number of benzene rings is 1. The second-order valence-electron chi connectivity index (χ2n) is 5.78. The lowest BCUT2D eigenvalue weighted by atomic mass is 10.1. The van der Waals surface area contributed by atoms with Crippen LogP contribution in [-0.2, 0) is 9.59 Å². The maximum absolute atomic E-state index is 13.8. The van der Waals surface area contributed by atoms with Crippen LogP contribution in [0.5, 0.6) is 0 Å². The largest absolute Gasteiger partial charge is 0.343 e. The zero-order valence-corrected chi connectivity index (χ0v) is 13.4. The van der Waals surface area contributed by atoms with Gasteiger partial charge < -0.3 is 10.2 Å². The molecule has 2 heterocycles. The Morgan fingerprint density at radius 3 is 2.67 bits per heavy atom. The average Bonchev–Trinajstić information content (AvgIpc) is 3.03. The fourth-order valence-electron chi connectivity index (χ4n) is 2.90. The Morgan fingerprint density at radius 1 is 1.33 bits per heavy atom. The molecule has 2 aliphatic heterocycles. The molecule has 2 aliphatic rings. The van der Waals surface area contributed by atoms with Crippen LogP contribution in [0.2, 0.25) is 0 Å². The van der Waals surface area contributed by atoms with Crippen LogP contribution in [0.3, 0.4) is 0 Å². The molecule has 1 aromatic carbocycles. The summed E-state index contributed by atoms with van der Waals surface area (Å²) >= 11 is 0. The topological polar surface area (TPSA) is 61.4 Å². The van der Waals surface area contributed by atoms with Crippen LogP contribution in [0.15, 0.2) is 24.3 Å². The highest BCUT2D eigenvalue weighted by molar-refractivity contribution is 6.01. The quantitative estimate of drug-likeness (QED) is 0.855. The number of hydrogen-bond acceptors (Lipinski definition) is 3. The lowest BCUT2D eigenvalue weighted by Gasteiger charge is -2.19. The van der Waals surface area contributed by atoms with Gasteiger partial charge in [-0.3, -0.25) is 14.9 Å². The molecule has 1 aromatic rings. The fraction of sp³-hybridized carbons (Fsp3) is 0.467. The van der Waals surface area contributed by atoms with E-state index in [4.69, 9.17) is 0 Å². The number of anilines is 1. The van der Waals surface area contributed by atoms with E-state index in [0.717, 1.165) is 0 Å². The van der Waals surface area contributed by atoms with Crippen LogP contribution in [0.4, 0.5) is 18.9 Å². The highest BCUT2D eigenvalue weighted by atomic mass is 35.5. The van der Waals surface area contributed by atoms with Crippen molar-refractivity contribution in [3.63, 3.8) is 0 Å². The molecule has 9 heteroatoms. The van der Waals surface area contributed by atoms with Crippen molar-refractivity contribution in [1.82, 2.24) is 10.6 Å². The van der Waals surface area contributed by atoms with Crippen molar-refractivity contribution in [1.29, 1.82) is 0 Å². The molecule has 2 amide bonds. The third-order valence-corrected chi connectivity index (χ3v) is 4.09. The molecule has 5 nitrogen and oxygen atoms in total. The van der Waals surface area contributed by atoms with Crippen molar-refractivity contribution < 1.29 is 22.8 Å².